The molecule has 0 saturated carbocycles. The molecule has 0 aliphatic rings. The first-order chi connectivity index (χ1) is 11.5. The van der Waals surface area contributed by atoms with Gasteiger partial charge < -0.3 is 19.5 Å². The van der Waals surface area contributed by atoms with Crippen LogP contribution in [0.2, 0.25) is 0 Å². The highest BCUT2D eigenvalue weighted by atomic mass is 79.9. The SMILES string of the molecule is CCOc1ccc(NC(=O)COc2ccc(F)cc2Br)cc1OC. The molecular formula is C17H17BrFNO4. The van der Waals surface area contributed by atoms with Crippen LogP contribution in [0.15, 0.2) is 40.9 Å². The zero-order chi connectivity index (χ0) is 17.5. The summed E-state index contributed by atoms with van der Waals surface area (Å²) >= 11 is 3.18. The molecule has 0 heterocycles. The largest absolute Gasteiger partial charge is 0.493 e. The zero-order valence-corrected chi connectivity index (χ0v) is 14.9. The summed E-state index contributed by atoms with van der Waals surface area (Å²) in [6.07, 6.45) is 0. The van der Waals surface area contributed by atoms with Gasteiger partial charge in [-0.05, 0) is 53.2 Å². The molecule has 128 valence electrons. The summed E-state index contributed by atoms with van der Waals surface area (Å²) in [4.78, 5) is 12.0. The monoisotopic (exact) mass is 397 g/mol. The summed E-state index contributed by atoms with van der Waals surface area (Å²) in [6, 6.07) is 9.07. The van der Waals surface area contributed by atoms with Gasteiger partial charge in [0.05, 0.1) is 18.2 Å². The molecule has 0 unspecified atom stereocenters. The highest BCUT2D eigenvalue weighted by molar-refractivity contribution is 9.10. The number of methoxy groups -OCH3 is 1. The first-order valence-electron chi connectivity index (χ1n) is 7.22. The van der Waals surface area contributed by atoms with E-state index in [9.17, 15) is 9.18 Å². The van der Waals surface area contributed by atoms with E-state index in [0.717, 1.165) is 0 Å². The molecule has 1 N–H and O–H groups in total. The molecule has 0 aliphatic heterocycles. The minimum Gasteiger partial charge on any atom is -0.493 e. The third kappa shape index (κ3) is 4.86. The number of hydrogen-bond donors (Lipinski definition) is 1. The van der Waals surface area contributed by atoms with Gasteiger partial charge in [0.1, 0.15) is 11.6 Å². The zero-order valence-electron chi connectivity index (χ0n) is 13.3. The smallest absolute Gasteiger partial charge is 0.262 e. The van der Waals surface area contributed by atoms with Crippen molar-refractivity contribution in [1.82, 2.24) is 0 Å². The molecular weight excluding hydrogens is 381 g/mol. The molecule has 0 radical (unpaired) electrons. The minimum atomic E-state index is -0.389. The van der Waals surface area contributed by atoms with E-state index in [1.165, 1.54) is 25.3 Å². The number of amides is 1. The number of nitrogens with one attached hydrogen (secondary N) is 1. The van der Waals surface area contributed by atoms with Crippen molar-refractivity contribution >= 4 is 27.5 Å². The van der Waals surface area contributed by atoms with Gasteiger partial charge in [-0.3, -0.25) is 4.79 Å². The topological polar surface area (TPSA) is 56.8 Å². The fraction of sp³-hybridized carbons (Fsp3) is 0.235. The fourth-order valence-electron chi connectivity index (χ4n) is 1.95. The van der Waals surface area contributed by atoms with Gasteiger partial charge in [0.25, 0.3) is 5.91 Å². The number of ether oxygens (including phenoxy) is 3. The van der Waals surface area contributed by atoms with Crippen LogP contribution in [-0.4, -0.2) is 26.2 Å². The van der Waals surface area contributed by atoms with Crippen molar-refractivity contribution in [2.45, 2.75) is 6.92 Å². The second-order valence-electron chi connectivity index (χ2n) is 4.71. The lowest BCUT2D eigenvalue weighted by Gasteiger charge is -2.12. The molecule has 2 aromatic carbocycles. The summed E-state index contributed by atoms with van der Waals surface area (Å²) in [7, 11) is 1.53. The van der Waals surface area contributed by atoms with Crippen LogP contribution >= 0.6 is 15.9 Å². The van der Waals surface area contributed by atoms with Crippen LogP contribution in [0.4, 0.5) is 10.1 Å². The van der Waals surface area contributed by atoms with Crippen LogP contribution in [-0.2, 0) is 4.79 Å². The number of benzene rings is 2. The number of hydrogen-bond acceptors (Lipinski definition) is 4. The number of anilines is 1. The van der Waals surface area contributed by atoms with Crippen molar-refractivity contribution in [2.24, 2.45) is 0 Å². The van der Waals surface area contributed by atoms with E-state index >= 15 is 0 Å². The van der Waals surface area contributed by atoms with E-state index in [-0.39, 0.29) is 18.3 Å². The Bertz CT molecular complexity index is 724. The van der Waals surface area contributed by atoms with Gasteiger partial charge in [-0.1, -0.05) is 0 Å². The maximum atomic E-state index is 13.0. The molecule has 7 heteroatoms. The summed E-state index contributed by atoms with van der Waals surface area (Å²) in [6.45, 7) is 2.18. The maximum Gasteiger partial charge on any atom is 0.262 e. The van der Waals surface area contributed by atoms with Crippen molar-refractivity contribution in [1.29, 1.82) is 0 Å². The van der Waals surface area contributed by atoms with Crippen molar-refractivity contribution in [2.75, 3.05) is 25.6 Å². The standard InChI is InChI=1S/C17H17BrFNO4/c1-3-23-15-7-5-12(9-16(15)22-2)20-17(21)10-24-14-6-4-11(19)8-13(14)18/h4-9H,3,10H2,1-2H3,(H,20,21). The van der Waals surface area contributed by atoms with E-state index in [2.05, 4.69) is 21.2 Å². The Labute approximate surface area is 147 Å². The van der Waals surface area contributed by atoms with Gasteiger partial charge in [0.2, 0.25) is 0 Å². The van der Waals surface area contributed by atoms with Crippen LogP contribution in [0.3, 0.4) is 0 Å². The van der Waals surface area contributed by atoms with E-state index in [1.54, 1.807) is 18.2 Å². The van der Waals surface area contributed by atoms with Crippen LogP contribution in [0, 0.1) is 5.82 Å². The van der Waals surface area contributed by atoms with Crippen LogP contribution in [0.1, 0.15) is 6.92 Å². The highest BCUT2D eigenvalue weighted by Gasteiger charge is 2.10. The van der Waals surface area contributed by atoms with Crippen molar-refractivity contribution in [3.63, 3.8) is 0 Å². The molecule has 0 atom stereocenters. The Balaban J connectivity index is 1.96. The summed E-state index contributed by atoms with van der Waals surface area (Å²) in [5.74, 6) is 0.773. The Morgan fingerprint density at radius 3 is 2.54 bits per heavy atom. The van der Waals surface area contributed by atoms with Gasteiger partial charge in [-0.15, -0.1) is 0 Å². The Morgan fingerprint density at radius 1 is 1.12 bits per heavy atom. The molecule has 0 saturated heterocycles. The van der Waals surface area contributed by atoms with E-state index in [1.807, 2.05) is 6.92 Å². The predicted molar refractivity (Wildman–Crippen MR) is 92.4 cm³/mol. The maximum absolute atomic E-state index is 13.0. The van der Waals surface area contributed by atoms with Gasteiger partial charge >= 0.3 is 0 Å². The molecule has 24 heavy (non-hydrogen) atoms. The molecule has 0 bridgehead atoms. The van der Waals surface area contributed by atoms with Crippen LogP contribution < -0.4 is 19.5 Å². The molecule has 0 spiro atoms. The molecule has 0 aliphatic carbocycles. The number of rotatable bonds is 7. The summed E-state index contributed by atoms with van der Waals surface area (Å²) < 4.78 is 29.5. The number of carbonyl (C=O) groups excluding carboxylic acids is 1. The Hall–Kier alpha value is -2.28. The third-order valence-corrected chi connectivity index (χ3v) is 3.62. The molecule has 1 amide bonds. The predicted octanol–water partition coefficient (Wildman–Crippen LogP) is 4.01. The first kappa shape index (κ1) is 18.1. The van der Waals surface area contributed by atoms with Crippen molar-refractivity contribution < 1.29 is 23.4 Å². The van der Waals surface area contributed by atoms with Gasteiger partial charge in [0, 0.05) is 11.8 Å². The van der Waals surface area contributed by atoms with Crippen molar-refractivity contribution in [3.05, 3.63) is 46.7 Å². The summed E-state index contributed by atoms with van der Waals surface area (Å²) in [5.41, 5.74) is 0.557. The van der Waals surface area contributed by atoms with Gasteiger partial charge in [-0.25, -0.2) is 4.39 Å². The van der Waals surface area contributed by atoms with Gasteiger partial charge in [0.15, 0.2) is 18.1 Å². The van der Waals surface area contributed by atoms with E-state index in [0.29, 0.717) is 34.0 Å². The lowest BCUT2D eigenvalue weighted by Crippen LogP contribution is -2.20. The average Bonchev–Trinajstić information content (AvgIpc) is 2.55. The number of carbonyl (C=O) groups is 1. The quantitative estimate of drug-likeness (QED) is 0.766. The second-order valence-corrected chi connectivity index (χ2v) is 5.56. The lowest BCUT2D eigenvalue weighted by molar-refractivity contribution is -0.118. The lowest BCUT2D eigenvalue weighted by atomic mass is 10.2. The molecule has 5 nitrogen and oxygen atoms in total. The summed E-state index contributed by atoms with van der Waals surface area (Å²) in [5, 5.41) is 2.70. The molecule has 0 aromatic heterocycles. The molecule has 2 aromatic rings. The minimum absolute atomic E-state index is 0.209. The van der Waals surface area contributed by atoms with Crippen LogP contribution in [0.25, 0.3) is 0 Å². The first-order valence-corrected chi connectivity index (χ1v) is 8.01. The molecule has 0 fully saturated rings. The number of halogens is 2. The normalized spacial score (nSPS) is 10.2. The second kappa shape index (κ2) is 8.54. The van der Waals surface area contributed by atoms with Gasteiger partial charge in [-0.2, -0.15) is 0 Å². The van der Waals surface area contributed by atoms with Crippen molar-refractivity contribution in [3.8, 4) is 17.2 Å². The van der Waals surface area contributed by atoms with E-state index < -0.39 is 0 Å². The highest BCUT2D eigenvalue weighted by Crippen LogP contribution is 2.30. The van der Waals surface area contributed by atoms with Crippen LogP contribution in [0.5, 0.6) is 17.2 Å². The molecule has 2 rings (SSSR count). The van der Waals surface area contributed by atoms with E-state index in [4.69, 9.17) is 14.2 Å². The fourth-order valence-corrected chi connectivity index (χ4v) is 2.42. The third-order valence-electron chi connectivity index (χ3n) is 3.00. The Kier molecular flexibility index (Phi) is 6.43. The Morgan fingerprint density at radius 2 is 1.88 bits per heavy atom. The average molecular weight is 398 g/mol.